The molecule has 0 radical (unpaired) electrons. The van der Waals surface area contributed by atoms with Crippen LogP contribution in [0.15, 0.2) is 54.3 Å². The van der Waals surface area contributed by atoms with Gasteiger partial charge in [0, 0.05) is 38.3 Å². The second-order valence-corrected chi connectivity index (χ2v) is 10.4. The van der Waals surface area contributed by atoms with Crippen molar-refractivity contribution in [1.82, 2.24) is 24.8 Å². The van der Waals surface area contributed by atoms with Crippen molar-refractivity contribution >= 4 is 41.3 Å². The summed E-state index contributed by atoms with van der Waals surface area (Å²) in [6.07, 6.45) is 3.26. The summed E-state index contributed by atoms with van der Waals surface area (Å²) in [6.45, 7) is 10.8. The molecule has 0 aliphatic carbocycles. The van der Waals surface area contributed by atoms with Crippen molar-refractivity contribution in [2.24, 2.45) is 4.99 Å². The van der Waals surface area contributed by atoms with Crippen molar-refractivity contribution in [1.29, 1.82) is 0 Å². The van der Waals surface area contributed by atoms with Gasteiger partial charge in [-0.15, -0.1) is 0 Å². The minimum atomic E-state index is -0.521. The Morgan fingerprint density at radius 3 is 2.62 bits per heavy atom. The molecule has 0 bridgehead atoms. The van der Waals surface area contributed by atoms with Gasteiger partial charge < -0.3 is 14.5 Å². The van der Waals surface area contributed by atoms with E-state index in [9.17, 15) is 14.0 Å². The molecule has 1 saturated heterocycles. The number of piperazine rings is 1. The summed E-state index contributed by atoms with van der Waals surface area (Å²) in [7, 11) is 3.08. The summed E-state index contributed by atoms with van der Waals surface area (Å²) in [5.41, 5.74) is 1.58. The minimum Gasteiger partial charge on any atom is -0.479 e. The van der Waals surface area contributed by atoms with Gasteiger partial charge in [0.2, 0.25) is 18.2 Å². The summed E-state index contributed by atoms with van der Waals surface area (Å²) in [4.78, 5) is 48.4. The van der Waals surface area contributed by atoms with E-state index in [1.165, 1.54) is 30.5 Å². The third-order valence-electron chi connectivity index (χ3n) is 7.06. The average molecular weight is 594 g/mol. The lowest BCUT2D eigenvalue weighted by atomic mass is 10.0. The number of pyridine rings is 1. The van der Waals surface area contributed by atoms with Gasteiger partial charge >= 0.3 is 0 Å². The molecule has 10 nitrogen and oxygen atoms in total. The fourth-order valence-corrected chi connectivity index (χ4v) is 5.31. The van der Waals surface area contributed by atoms with E-state index in [2.05, 4.69) is 21.5 Å². The zero-order chi connectivity index (χ0) is 30.6. The van der Waals surface area contributed by atoms with E-state index >= 15 is 0 Å². The van der Waals surface area contributed by atoms with Crippen molar-refractivity contribution in [2.45, 2.75) is 32.7 Å². The Labute approximate surface area is 249 Å². The second kappa shape index (κ2) is 13.1. The molecule has 0 saturated carbocycles. The highest BCUT2D eigenvalue weighted by Crippen LogP contribution is 2.40. The van der Waals surface area contributed by atoms with Crippen molar-refractivity contribution in [3.05, 3.63) is 71.4 Å². The monoisotopic (exact) mass is 593 g/mol. The number of carbonyl (C=O) groups excluding carboxylic acids is 2. The lowest BCUT2D eigenvalue weighted by Crippen LogP contribution is -2.55. The van der Waals surface area contributed by atoms with Crippen LogP contribution in [0.2, 0.25) is 5.02 Å². The maximum Gasteiger partial charge on any atom is 0.246 e. The predicted molar refractivity (Wildman–Crippen MR) is 161 cm³/mol. The Balaban J connectivity index is 1.97. The van der Waals surface area contributed by atoms with Gasteiger partial charge in [0.1, 0.15) is 23.7 Å². The van der Waals surface area contributed by atoms with Crippen molar-refractivity contribution in [3.8, 4) is 17.1 Å². The number of amides is 2. The topological polar surface area (TPSA) is 104 Å². The Hall–Kier alpha value is -4.38. The maximum atomic E-state index is 15.0. The summed E-state index contributed by atoms with van der Waals surface area (Å²) in [5, 5.41) is 0.166. The predicted octanol–water partition coefficient (Wildman–Crippen LogP) is 4.85. The molecule has 3 heterocycles. The van der Waals surface area contributed by atoms with Crippen molar-refractivity contribution in [3.63, 3.8) is 0 Å². The van der Waals surface area contributed by atoms with Crippen LogP contribution in [0.25, 0.3) is 11.3 Å². The van der Waals surface area contributed by atoms with Crippen molar-refractivity contribution < 1.29 is 18.7 Å². The van der Waals surface area contributed by atoms with Crippen LogP contribution in [-0.4, -0.2) is 82.7 Å². The molecule has 1 fully saturated rings. The van der Waals surface area contributed by atoms with Crippen LogP contribution in [0.5, 0.6) is 5.88 Å². The van der Waals surface area contributed by atoms with Gasteiger partial charge in [0.05, 0.1) is 29.1 Å². The van der Waals surface area contributed by atoms with E-state index in [1.54, 1.807) is 36.2 Å². The van der Waals surface area contributed by atoms with E-state index < -0.39 is 5.82 Å². The van der Waals surface area contributed by atoms with Crippen LogP contribution < -0.4 is 9.64 Å². The average Bonchev–Trinajstić information content (AvgIpc) is 2.99. The first-order chi connectivity index (χ1) is 20.2. The van der Waals surface area contributed by atoms with E-state index in [0.717, 1.165) is 0 Å². The SMILES string of the molecule is C=CC(=O)N1CCN(/C(=N/C)c2cc(Cl)c(-c3ccccc3F)nc2N(C=O)c2c(OC)ncnc2C(C)C)C(C)C1. The number of aliphatic imine (C=N–C) groups is 1. The van der Waals surface area contributed by atoms with Gasteiger partial charge in [0.25, 0.3) is 0 Å². The Morgan fingerprint density at radius 1 is 1.29 bits per heavy atom. The number of benzene rings is 1. The lowest BCUT2D eigenvalue weighted by molar-refractivity contribution is -0.128. The first kappa shape index (κ1) is 30.6. The van der Waals surface area contributed by atoms with Crippen LogP contribution in [0.3, 0.4) is 0 Å². The lowest BCUT2D eigenvalue weighted by Gasteiger charge is -2.41. The highest BCUT2D eigenvalue weighted by molar-refractivity contribution is 6.33. The molecule has 3 aromatic rings. The molecule has 1 aliphatic heterocycles. The van der Waals surface area contributed by atoms with Gasteiger partial charge in [0.15, 0.2) is 5.82 Å². The standard InChI is InChI=1S/C30H33ClFN7O3/c1-7-24(41)37-12-13-38(19(4)15-37)28(33-5)21-14-22(31)26(20-10-8-9-11-23(20)32)36-29(21)39(17-40)27-25(18(2)3)34-16-35-30(27)42-6/h7-11,14,16-19H,1,12-13,15H2,2-6H3/b33-28+. The zero-order valence-corrected chi connectivity index (χ0v) is 25.0. The molecular weight excluding hydrogens is 561 g/mol. The number of ether oxygens (including phenoxy) is 1. The maximum absolute atomic E-state index is 15.0. The molecule has 2 amide bonds. The smallest absolute Gasteiger partial charge is 0.246 e. The summed E-state index contributed by atoms with van der Waals surface area (Å²) >= 11 is 6.78. The molecule has 1 aromatic carbocycles. The molecule has 0 spiro atoms. The highest BCUT2D eigenvalue weighted by atomic mass is 35.5. The Morgan fingerprint density at radius 2 is 2.02 bits per heavy atom. The number of aromatic nitrogens is 3. The molecule has 12 heteroatoms. The Kier molecular flexibility index (Phi) is 9.52. The van der Waals surface area contributed by atoms with E-state index in [-0.39, 0.29) is 45.8 Å². The first-order valence-corrected chi connectivity index (χ1v) is 13.8. The quantitative estimate of drug-likeness (QED) is 0.159. The van der Waals surface area contributed by atoms with Crippen molar-refractivity contribution in [2.75, 3.05) is 38.7 Å². The largest absolute Gasteiger partial charge is 0.479 e. The third-order valence-corrected chi connectivity index (χ3v) is 7.34. The van der Waals surface area contributed by atoms with E-state index in [1.807, 2.05) is 25.7 Å². The van der Waals surface area contributed by atoms with Crippen LogP contribution in [0, 0.1) is 5.82 Å². The number of nitrogens with zero attached hydrogens (tertiary/aromatic N) is 7. The molecular formula is C30H33ClFN7O3. The first-order valence-electron chi connectivity index (χ1n) is 13.4. The number of anilines is 2. The number of hydrogen-bond donors (Lipinski definition) is 0. The number of amidine groups is 1. The van der Waals surface area contributed by atoms with Gasteiger partial charge in [-0.05, 0) is 37.1 Å². The minimum absolute atomic E-state index is 0.115. The third kappa shape index (κ3) is 5.82. The van der Waals surface area contributed by atoms with Gasteiger partial charge in [-0.3, -0.25) is 19.5 Å². The van der Waals surface area contributed by atoms with E-state index in [0.29, 0.717) is 48.8 Å². The molecule has 1 aliphatic rings. The molecule has 4 rings (SSSR count). The number of carbonyl (C=O) groups is 2. The summed E-state index contributed by atoms with van der Waals surface area (Å²) in [5.74, 6) is 0.00620. The fourth-order valence-electron chi connectivity index (χ4n) is 5.06. The number of rotatable bonds is 8. The Bertz CT molecular complexity index is 1530. The fraction of sp³-hybridized carbons (Fsp3) is 0.333. The molecule has 220 valence electrons. The zero-order valence-electron chi connectivity index (χ0n) is 24.2. The van der Waals surface area contributed by atoms with Crippen LogP contribution >= 0.6 is 11.6 Å². The number of methoxy groups -OCH3 is 1. The molecule has 0 N–H and O–H groups in total. The number of hydrogen-bond acceptors (Lipinski definition) is 7. The van der Waals surface area contributed by atoms with Gasteiger partial charge in [-0.1, -0.05) is 44.2 Å². The highest BCUT2D eigenvalue weighted by Gasteiger charge is 2.33. The van der Waals surface area contributed by atoms with Crippen LogP contribution in [0.1, 0.15) is 37.9 Å². The van der Waals surface area contributed by atoms with Crippen LogP contribution in [-0.2, 0) is 9.59 Å². The van der Waals surface area contributed by atoms with Gasteiger partial charge in [-0.25, -0.2) is 14.4 Å². The van der Waals surface area contributed by atoms with Crippen LogP contribution in [0.4, 0.5) is 15.9 Å². The molecule has 42 heavy (non-hydrogen) atoms. The second-order valence-electron chi connectivity index (χ2n) is 9.99. The summed E-state index contributed by atoms with van der Waals surface area (Å²) in [6, 6.07) is 7.61. The molecule has 2 aromatic heterocycles. The normalized spacial score (nSPS) is 15.5. The molecule has 1 unspecified atom stereocenters. The van der Waals surface area contributed by atoms with E-state index in [4.69, 9.17) is 21.3 Å². The number of halogens is 2. The molecule has 1 atom stereocenters. The summed E-state index contributed by atoms with van der Waals surface area (Å²) < 4.78 is 20.5. The van der Waals surface area contributed by atoms with Gasteiger partial charge in [-0.2, -0.15) is 4.98 Å².